The number of piperidine rings is 1. The van der Waals surface area contributed by atoms with Crippen LogP contribution >= 0.6 is 0 Å². The fourth-order valence-electron chi connectivity index (χ4n) is 3.57. The molecule has 2 nitrogen and oxygen atoms in total. The van der Waals surface area contributed by atoms with Crippen LogP contribution in [-0.2, 0) is 0 Å². The van der Waals surface area contributed by atoms with Crippen LogP contribution in [0.2, 0.25) is 0 Å². The van der Waals surface area contributed by atoms with Crippen molar-refractivity contribution in [2.24, 2.45) is 11.8 Å². The van der Waals surface area contributed by atoms with Gasteiger partial charge in [-0.25, -0.2) is 0 Å². The van der Waals surface area contributed by atoms with Gasteiger partial charge in [0.2, 0.25) is 0 Å². The summed E-state index contributed by atoms with van der Waals surface area (Å²) in [4.78, 5) is 2.63. The first-order valence-electron chi connectivity index (χ1n) is 7.48. The van der Waals surface area contributed by atoms with Gasteiger partial charge in [-0.3, -0.25) is 4.90 Å². The van der Waals surface area contributed by atoms with E-state index in [4.69, 9.17) is 0 Å². The highest BCUT2D eigenvalue weighted by Crippen LogP contribution is 2.30. The SMILES string of the molecule is CCC1CCN(C2CCCCCC2C#N)CC1. The third kappa shape index (κ3) is 3.22. The molecule has 1 heterocycles. The van der Waals surface area contributed by atoms with Crippen molar-refractivity contribution in [3.8, 4) is 6.07 Å². The Bertz CT molecular complexity index is 261. The van der Waals surface area contributed by atoms with E-state index >= 15 is 0 Å². The number of nitriles is 1. The van der Waals surface area contributed by atoms with Crippen molar-refractivity contribution in [3.63, 3.8) is 0 Å². The molecule has 1 saturated carbocycles. The van der Waals surface area contributed by atoms with E-state index in [-0.39, 0.29) is 0 Å². The summed E-state index contributed by atoms with van der Waals surface area (Å²) in [5.41, 5.74) is 0. The van der Waals surface area contributed by atoms with Crippen molar-refractivity contribution in [2.75, 3.05) is 13.1 Å². The lowest BCUT2D eigenvalue weighted by Crippen LogP contribution is -2.44. The highest BCUT2D eigenvalue weighted by molar-refractivity contribution is 4.95. The summed E-state index contributed by atoms with van der Waals surface area (Å²) in [7, 11) is 0. The summed E-state index contributed by atoms with van der Waals surface area (Å²) >= 11 is 0. The Hall–Kier alpha value is -0.550. The van der Waals surface area contributed by atoms with Crippen LogP contribution in [0.4, 0.5) is 0 Å². The molecule has 2 aliphatic rings. The molecule has 2 atom stereocenters. The van der Waals surface area contributed by atoms with Crippen molar-refractivity contribution in [2.45, 2.75) is 64.3 Å². The Kier molecular flexibility index (Phi) is 4.86. The molecule has 0 aromatic heterocycles. The Morgan fingerprint density at radius 3 is 2.41 bits per heavy atom. The Morgan fingerprint density at radius 1 is 1.06 bits per heavy atom. The smallest absolute Gasteiger partial charge is 0.0672 e. The number of hydrogen-bond donors (Lipinski definition) is 0. The van der Waals surface area contributed by atoms with E-state index in [1.54, 1.807) is 0 Å². The zero-order valence-electron chi connectivity index (χ0n) is 11.2. The fourth-order valence-corrected chi connectivity index (χ4v) is 3.57. The van der Waals surface area contributed by atoms with Crippen LogP contribution < -0.4 is 0 Å². The maximum atomic E-state index is 9.34. The minimum absolute atomic E-state index is 0.302. The van der Waals surface area contributed by atoms with Crippen LogP contribution in [0.15, 0.2) is 0 Å². The average molecular weight is 234 g/mol. The normalized spacial score (nSPS) is 32.9. The molecule has 2 unspecified atom stereocenters. The van der Waals surface area contributed by atoms with E-state index in [0.717, 1.165) is 12.3 Å². The van der Waals surface area contributed by atoms with E-state index in [1.165, 1.54) is 58.0 Å². The molecule has 1 aliphatic carbocycles. The van der Waals surface area contributed by atoms with Gasteiger partial charge in [-0.1, -0.05) is 32.6 Å². The highest BCUT2D eigenvalue weighted by Gasteiger charge is 2.31. The minimum atomic E-state index is 0.302. The Morgan fingerprint density at radius 2 is 1.76 bits per heavy atom. The lowest BCUT2D eigenvalue weighted by atomic mass is 9.89. The maximum Gasteiger partial charge on any atom is 0.0672 e. The van der Waals surface area contributed by atoms with Gasteiger partial charge < -0.3 is 0 Å². The van der Waals surface area contributed by atoms with Gasteiger partial charge >= 0.3 is 0 Å². The molecular formula is C15H26N2. The molecular weight excluding hydrogens is 208 g/mol. The van der Waals surface area contributed by atoms with E-state index < -0.39 is 0 Å². The van der Waals surface area contributed by atoms with Gasteiger partial charge in [0.25, 0.3) is 0 Å². The minimum Gasteiger partial charge on any atom is -0.299 e. The summed E-state index contributed by atoms with van der Waals surface area (Å²) < 4.78 is 0. The molecule has 1 saturated heterocycles. The second kappa shape index (κ2) is 6.40. The molecule has 0 N–H and O–H groups in total. The van der Waals surface area contributed by atoms with Gasteiger partial charge in [-0.05, 0) is 44.7 Å². The van der Waals surface area contributed by atoms with Crippen molar-refractivity contribution >= 4 is 0 Å². The van der Waals surface area contributed by atoms with Crippen molar-refractivity contribution in [3.05, 3.63) is 0 Å². The maximum absolute atomic E-state index is 9.34. The zero-order chi connectivity index (χ0) is 12.1. The fraction of sp³-hybridized carbons (Fsp3) is 0.933. The average Bonchev–Trinajstić information content (AvgIpc) is 2.64. The predicted octanol–water partition coefficient (Wildman–Crippen LogP) is 3.58. The predicted molar refractivity (Wildman–Crippen MR) is 70.6 cm³/mol. The van der Waals surface area contributed by atoms with Crippen LogP contribution in [0.25, 0.3) is 0 Å². The van der Waals surface area contributed by atoms with Gasteiger partial charge in [-0.2, -0.15) is 5.26 Å². The largest absolute Gasteiger partial charge is 0.299 e. The summed E-state index contributed by atoms with van der Waals surface area (Å²) in [5, 5.41) is 9.34. The molecule has 17 heavy (non-hydrogen) atoms. The lowest BCUT2D eigenvalue weighted by molar-refractivity contribution is 0.103. The van der Waals surface area contributed by atoms with Crippen LogP contribution in [0, 0.1) is 23.2 Å². The first kappa shape index (κ1) is 12.9. The van der Waals surface area contributed by atoms with Crippen LogP contribution in [-0.4, -0.2) is 24.0 Å². The molecule has 96 valence electrons. The molecule has 0 bridgehead atoms. The van der Waals surface area contributed by atoms with Crippen LogP contribution in [0.3, 0.4) is 0 Å². The monoisotopic (exact) mass is 234 g/mol. The number of rotatable bonds is 2. The molecule has 2 heteroatoms. The number of nitrogens with zero attached hydrogens (tertiary/aromatic N) is 2. The van der Waals surface area contributed by atoms with E-state index in [9.17, 15) is 5.26 Å². The second-order valence-corrected chi connectivity index (χ2v) is 5.83. The molecule has 1 aliphatic heterocycles. The van der Waals surface area contributed by atoms with Gasteiger partial charge in [0.15, 0.2) is 0 Å². The van der Waals surface area contributed by atoms with Gasteiger partial charge in [0.05, 0.1) is 12.0 Å². The van der Waals surface area contributed by atoms with Crippen molar-refractivity contribution < 1.29 is 0 Å². The van der Waals surface area contributed by atoms with Crippen LogP contribution in [0.5, 0.6) is 0 Å². The van der Waals surface area contributed by atoms with Gasteiger partial charge in [0.1, 0.15) is 0 Å². The quantitative estimate of drug-likeness (QED) is 0.683. The topological polar surface area (TPSA) is 27.0 Å². The molecule has 0 spiro atoms. The summed E-state index contributed by atoms with van der Waals surface area (Å²) in [6.45, 7) is 4.78. The van der Waals surface area contributed by atoms with Crippen molar-refractivity contribution in [1.82, 2.24) is 4.90 Å². The van der Waals surface area contributed by atoms with E-state index in [2.05, 4.69) is 17.9 Å². The third-order valence-corrected chi connectivity index (χ3v) is 4.84. The number of hydrogen-bond acceptors (Lipinski definition) is 2. The molecule has 0 aromatic rings. The first-order chi connectivity index (χ1) is 8.35. The number of likely N-dealkylation sites (tertiary alicyclic amines) is 1. The molecule has 0 radical (unpaired) electrons. The molecule has 2 fully saturated rings. The zero-order valence-corrected chi connectivity index (χ0v) is 11.2. The summed E-state index contributed by atoms with van der Waals surface area (Å²) in [5.74, 6) is 1.24. The Balaban J connectivity index is 1.93. The van der Waals surface area contributed by atoms with Crippen molar-refractivity contribution in [1.29, 1.82) is 5.26 Å². The lowest BCUT2D eigenvalue weighted by Gasteiger charge is -2.38. The summed E-state index contributed by atoms with van der Waals surface area (Å²) in [6, 6.07) is 3.14. The van der Waals surface area contributed by atoms with Crippen LogP contribution in [0.1, 0.15) is 58.3 Å². The molecule has 0 amide bonds. The van der Waals surface area contributed by atoms with Gasteiger partial charge in [-0.15, -0.1) is 0 Å². The molecule has 0 aromatic carbocycles. The highest BCUT2D eigenvalue weighted by atomic mass is 15.2. The first-order valence-corrected chi connectivity index (χ1v) is 7.48. The standard InChI is InChI=1S/C15H26N2/c1-2-13-8-10-17(11-9-13)15-7-5-3-4-6-14(15)12-16/h13-15H,2-11H2,1H3. The van der Waals surface area contributed by atoms with E-state index in [1.807, 2.05) is 0 Å². The Labute approximate surface area is 106 Å². The van der Waals surface area contributed by atoms with E-state index in [0.29, 0.717) is 12.0 Å². The van der Waals surface area contributed by atoms with Gasteiger partial charge in [0, 0.05) is 6.04 Å². The third-order valence-electron chi connectivity index (χ3n) is 4.84. The second-order valence-electron chi connectivity index (χ2n) is 5.83. The molecule has 2 rings (SSSR count). The summed E-state index contributed by atoms with van der Waals surface area (Å²) in [6.07, 6.45) is 10.4.